The van der Waals surface area contributed by atoms with Gasteiger partial charge in [-0.1, -0.05) is 0 Å². The van der Waals surface area contributed by atoms with Gasteiger partial charge in [0.1, 0.15) is 5.76 Å². The van der Waals surface area contributed by atoms with Gasteiger partial charge in [0, 0.05) is 38.1 Å². The SMILES string of the molecule is O=C(Nc1cc(N2CCOCC2)ccc1N1CCCCC1)c1ccc(-c2cn[nH]c2)o1. The normalized spacial score (nSPS) is 17.0. The minimum Gasteiger partial charge on any atom is -0.451 e. The second-order valence-corrected chi connectivity index (χ2v) is 7.95. The lowest BCUT2D eigenvalue weighted by Crippen LogP contribution is -2.36. The van der Waals surface area contributed by atoms with E-state index in [1.807, 2.05) is 0 Å². The summed E-state index contributed by atoms with van der Waals surface area (Å²) in [6.07, 6.45) is 7.00. The molecule has 0 aliphatic carbocycles. The van der Waals surface area contributed by atoms with Crippen LogP contribution >= 0.6 is 0 Å². The highest BCUT2D eigenvalue weighted by Crippen LogP contribution is 2.33. The summed E-state index contributed by atoms with van der Waals surface area (Å²) < 4.78 is 11.3. The van der Waals surface area contributed by atoms with Gasteiger partial charge < -0.3 is 24.3 Å². The second-order valence-electron chi connectivity index (χ2n) is 7.95. The molecule has 0 radical (unpaired) electrons. The number of carbonyl (C=O) groups is 1. The minimum atomic E-state index is -0.257. The average Bonchev–Trinajstić information content (AvgIpc) is 3.52. The Labute approximate surface area is 181 Å². The largest absolute Gasteiger partial charge is 0.451 e. The molecule has 162 valence electrons. The Hall–Kier alpha value is -3.26. The third-order valence-corrected chi connectivity index (χ3v) is 5.91. The number of anilines is 3. The van der Waals surface area contributed by atoms with Crippen LogP contribution in [0.3, 0.4) is 0 Å². The molecule has 2 aliphatic rings. The molecule has 5 rings (SSSR count). The number of benzene rings is 1. The van der Waals surface area contributed by atoms with Crippen molar-refractivity contribution in [1.82, 2.24) is 10.2 Å². The minimum absolute atomic E-state index is 0.257. The topological polar surface area (TPSA) is 86.6 Å². The third kappa shape index (κ3) is 4.29. The van der Waals surface area contributed by atoms with Crippen LogP contribution in [-0.2, 0) is 4.74 Å². The molecule has 0 unspecified atom stereocenters. The first-order chi connectivity index (χ1) is 15.3. The summed E-state index contributed by atoms with van der Waals surface area (Å²) in [4.78, 5) is 17.7. The zero-order chi connectivity index (χ0) is 21.0. The Morgan fingerprint density at radius 3 is 2.61 bits per heavy atom. The van der Waals surface area contributed by atoms with E-state index in [9.17, 15) is 4.79 Å². The van der Waals surface area contributed by atoms with Gasteiger partial charge in [0.25, 0.3) is 5.91 Å². The van der Waals surface area contributed by atoms with Crippen molar-refractivity contribution in [2.75, 3.05) is 54.5 Å². The molecule has 8 nitrogen and oxygen atoms in total. The zero-order valence-electron chi connectivity index (χ0n) is 17.5. The molecule has 8 heteroatoms. The molecule has 31 heavy (non-hydrogen) atoms. The molecule has 1 amide bonds. The molecule has 2 fully saturated rings. The number of aromatic nitrogens is 2. The lowest BCUT2D eigenvalue weighted by molar-refractivity contribution is 0.0997. The van der Waals surface area contributed by atoms with Crippen LogP contribution < -0.4 is 15.1 Å². The zero-order valence-corrected chi connectivity index (χ0v) is 17.5. The van der Waals surface area contributed by atoms with Gasteiger partial charge in [-0.3, -0.25) is 9.89 Å². The predicted octanol–water partition coefficient (Wildman–Crippen LogP) is 3.75. The highest BCUT2D eigenvalue weighted by atomic mass is 16.5. The van der Waals surface area contributed by atoms with E-state index in [1.165, 1.54) is 19.3 Å². The summed E-state index contributed by atoms with van der Waals surface area (Å²) in [7, 11) is 0. The van der Waals surface area contributed by atoms with Crippen molar-refractivity contribution in [3.8, 4) is 11.3 Å². The first kappa shape index (κ1) is 19.7. The summed E-state index contributed by atoms with van der Waals surface area (Å²) in [6, 6.07) is 9.84. The Balaban J connectivity index is 1.41. The molecule has 2 aromatic heterocycles. The van der Waals surface area contributed by atoms with E-state index in [0.29, 0.717) is 5.76 Å². The molecule has 3 aromatic rings. The number of rotatable bonds is 5. The van der Waals surface area contributed by atoms with Gasteiger partial charge in [-0.25, -0.2) is 0 Å². The van der Waals surface area contributed by atoms with E-state index in [2.05, 4.69) is 43.5 Å². The standard InChI is InChI=1S/C23H27N5O3/c29-23(22-7-6-21(31-22)17-15-24-25-16-17)26-19-14-18(27-10-12-30-13-11-27)4-5-20(19)28-8-2-1-3-9-28/h4-7,14-16H,1-3,8-13H2,(H,24,25)(H,26,29). The highest BCUT2D eigenvalue weighted by molar-refractivity contribution is 6.04. The van der Waals surface area contributed by atoms with Crippen molar-refractivity contribution in [3.05, 3.63) is 48.5 Å². The van der Waals surface area contributed by atoms with Crippen LogP contribution in [0.4, 0.5) is 17.1 Å². The number of piperidine rings is 1. The monoisotopic (exact) mass is 421 g/mol. The fourth-order valence-corrected chi connectivity index (χ4v) is 4.24. The van der Waals surface area contributed by atoms with Crippen molar-refractivity contribution in [3.63, 3.8) is 0 Å². The van der Waals surface area contributed by atoms with Gasteiger partial charge in [-0.15, -0.1) is 0 Å². The van der Waals surface area contributed by atoms with E-state index < -0.39 is 0 Å². The Morgan fingerprint density at radius 2 is 1.84 bits per heavy atom. The summed E-state index contributed by atoms with van der Waals surface area (Å²) in [5.74, 6) is 0.627. The van der Waals surface area contributed by atoms with Gasteiger partial charge in [-0.2, -0.15) is 5.10 Å². The number of nitrogens with zero attached hydrogens (tertiary/aromatic N) is 3. The van der Waals surface area contributed by atoms with Gasteiger partial charge in [0.15, 0.2) is 5.76 Å². The molecule has 0 bridgehead atoms. The van der Waals surface area contributed by atoms with E-state index >= 15 is 0 Å². The number of nitrogens with one attached hydrogen (secondary N) is 2. The molecule has 4 heterocycles. The first-order valence-electron chi connectivity index (χ1n) is 10.9. The summed E-state index contributed by atoms with van der Waals surface area (Å²) in [5, 5.41) is 9.80. The van der Waals surface area contributed by atoms with Gasteiger partial charge in [0.05, 0.1) is 36.3 Å². The lowest BCUT2D eigenvalue weighted by Gasteiger charge is -2.33. The fraction of sp³-hybridized carbons (Fsp3) is 0.391. The molecule has 0 saturated carbocycles. The highest BCUT2D eigenvalue weighted by Gasteiger charge is 2.21. The fourth-order valence-electron chi connectivity index (χ4n) is 4.24. The van der Waals surface area contributed by atoms with Crippen molar-refractivity contribution >= 4 is 23.0 Å². The predicted molar refractivity (Wildman–Crippen MR) is 120 cm³/mol. The van der Waals surface area contributed by atoms with Crippen LogP contribution in [0.25, 0.3) is 11.3 Å². The molecule has 1 aromatic carbocycles. The number of H-pyrrole nitrogens is 1. The molecular formula is C23H27N5O3. The van der Waals surface area contributed by atoms with E-state index in [0.717, 1.165) is 62.0 Å². The number of aromatic amines is 1. The number of carbonyl (C=O) groups excluding carboxylic acids is 1. The quantitative estimate of drug-likeness (QED) is 0.653. The molecule has 2 N–H and O–H groups in total. The van der Waals surface area contributed by atoms with Crippen molar-refractivity contribution < 1.29 is 13.9 Å². The number of morpholine rings is 1. The maximum absolute atomic E-state index is 13.0. The molecule has 0 spiro atoms. The number of amides is 1. The maximum atomic E-state index is 13.0. The van der Waals surface area contributed by atoms with Crippen LogP contribution in [0.5, 0.6) is 0 Å². The van der Waals surface area contributed by atoms with E-state index in [4.69, 9.17) is 9.15 Å². The van der Waals surface area contributed by atoms with Gasteiger partial charge >= 0.3 is 0 Å². The molecule has 0 atom stereocenters. The second kappa shape index (κ2) is 8.85. The molecule has 2 saturated heterocycles. The van der Waals surface area contributed by atoms with Crippen LogP contribution in [0, 0.1) is 0 Å². The number of ether oxygens (including phenoxy) is 1. The number of furan rings is 1. The van der Waals surface area contributed by atoms with Gasteiger partial charge in [-0.05, 0) is 49.6 Å². The van der Waals surface area contributed by atoms with Crippen LogP contribution in [0.2, 0.25) is 0 Å². The van der Waals surface area contributed by atoms with Crippen LogP contribution in [0.1, 0.15) is 29.8 Å². The van der Waals surface area contributed by atoms with Crippen LogP contribution in [-0.4, -0.2) is 55.5 Å². The van der Waals surface area contributed by atoms with E-state index in [1.54, 1.807) is 24.5 Å². The average molecular weight is 422 g/mol. The first-order valence-corrected chi connectivity index (χ1v) is 10.9. The summed E-state index contributed by atoms with van der Waals surface area (Å²) in [6.45, 7) is 5.15. The van der Waals surface area contributed by atoms with Crippen molar-refractivity contribution in [2.24, 2.45) is 0 Å². The molecule has 2 aliphatic heterocycles. The van der Waals surface area contributed by atoms with Crippen molar-refractivity contribution in [2.45, 2.75) is 19.3 Å². The lowest BCUT2D eigenvalue weighted by atomic mass is 10.1. The Bertz CT molecular complexity index is 1020. The van der Waals surface area contributed by atoms with Crippen molar-refractivity contribution in [1.29, 1.82) is 0 Å². The Morgan fingerprint density at radius 1 is 1.00 bits per heavy atom. The Kier molecular flexibility index (Phi) is 5.62. The third-order valence-electron chi connectivity index (χ3n) is 5.91. The summed E-state index contributed by atoms with van der Waals surface area (Å²) >= 11 is 0. The summed E-state index contributed by atoms with van der Waals surface area (Å²) in [5.41, 5.74) is 3.78. The smallest absolute Gasteiger partial charge is 0.291 e. The van der Waals surface area contributed by atoms with Crippen LogP contribution in [0.15, 0.2) is 47.1 Å². The number of hydrogen-bond acceptors (Lipinski definition) is 6. The maximum Gasteiger partial charge on any atom is 0.291 e. The van der Waals surface area contributed by atoms with Gasteiger partial charge in [0.2, 0.25) is 0 Å². The molecular weight excluding hydrogens is 394 g/mol. The number of hydrogen-bond donors (Lipinski definition) is 2. The van der Waals surface area contributed by atoms with E-state index in [-0.39, 0.29) is 11.7 Å².